The zero-order chi connectivity index (χ0) is 13.8. The van der Waals surface area contributed by atoms with Gasteiger partial charge in [-0.15, -0.1) is 0 Å². The number of nitrogens with one attached hydrogen (secondary N) is 2. The van der Waals surface area contributed by atoms with Crippen LogP contribution in [0.1, 0.15) is 38.2 Å². The molecule has 0 spiro atoms. The lowest BCUT2D eigenvalue weighted by atomic mass is 9.75. The van der Waals surface area contributed by atoms with Crippen molar-refractivity contribution in [3.8, 4) is 0 Å². The van der Waals surface area contributed by atoms with Crippen molar-refractivity contribution in [3.05, 3.63) is 34.9 Å². The lowest BCUT2D eigenvalue weighted by Gasteiger charge is -2.37. The smallest absolute Gasteiger partial charge is 0.236 e. The largest absolute Gasteiger partial charge is 0.355 e. The lowest BCUT2D eigenvalue weighted by Crippen LogP contribution is -2.50. The first kappa shape index (κ1) is 14.4. The van der Waals surface area contributed by atoms with Crippen LogP contribution in [0.5, 0.6) is 0 Å². The molecular formula is C15H21ClN2O. The summed E-state index contributed by atoms with van der Waals surface area (Å²) in [5.41, 5.74) is 1.34. The highest BCUT2D eigenvalue weighted by atomic mass is 35.5. The number of carbonyl (C=O) groups is 1. The van der Waals surface area contributed by atoms with E-state index >= 15 is 0 Å². The molecule has 1 unspecified atom stereocenters. The number of hydrogen-bond acceptors (Lipinski definition) is 2. The van der Waals surface area contributed by atoms with Gasteiger partial charge in [-0.3, -0.25) is 4.79 Å². The van der Waals surface area contributed by atoms with E-state index in [4.69, 9.17) is 11.6 Å². The maximum atomic E-state index is 11.6. The highest BCUT2D eigenvalue weighted by Gasteiger charge is 2.31. The maximum Gasteiger partial charge on any atom is 0.236 e. The van der Waals surface area contributed by atoms with Gasteiger partial charge in [0, 0.05) is 17.6 Å². The SMILES string of the molecule is CCNC(=O)C(C)NC1CC(c2ccc(Cl)cc2)C1. The molecule has 1 aliphatic carbocycles. The fourth-order valence-electron chi connectivity index (χ4n) is 2.52. The Bertz CT molecular complexity index is 426. The molecule has 1 aliphatic rings. The van der Waals surface area contributed by atoms with Crippen LogP contribution >= 0.6 is 11.6 Å². The molecule has 1 saturated carbocycles. The molecule has 1 aromatic carbocycles. The number of halogens is 1. The van der Waals surface area contributed by atoms with E-state index in [1.54, 1.807) is 0 Å². The van der Waals surface area contributed by atoms with Crippen molar-refractivity contribution >= 4 is 17.5 Å². The van der Waals surface area contributed by atoms with Gasteiger partial charge < -0.3 is 10.6 Å². The summed E-state index contributed by atoms with van der Waals surface area (Å²) in [5.74, 6) is 0.675. The van der Waals surface area contributed by atoms with Crippen molar-refractivity contribution < 1.29 is 4.79 Å². The summed E-state index contributed by atoms with van der Waals surface area (Å²) < 4.78 is 0. The van der Waals surface area contributed by atoms with E-state index < -0.39 is 0 Å². The van der Waals surface area contributed by atoms with Gasteiger partial charge in [-0.1, -0.05) is 23.7 Å². The summed E-state index contributed by atoms with van der Waals surface area (Å²) in [7, 11) is 0. The second-order valence-electron chi connectivity index (χ2n) is 5.20. The topological polar surface area (TPSA) is 41.1 Å². The summed E-state index contributed by atoms with van der Waals surface area (Å²) >= 11 is 5.88. The van der Waals surface area contributed by atoms with Crippen LogP contribution in [0.2, 0.25) is 5.02 Å². The summed E-state index contributed by atoms with van der Waals surface area (Å²) in [4.78, 5) is 11.6. The van der Waals surface area contributed by atoms with Crippen molar-refractivity contribution in [2.75, 3.05) is 6.54 Å². The van der Waals surface area contributed by atoms with Gasteiger partial charge >= 0.3 is 0 Å². The Morgan fingerprint density at radius 3 is 2.58 bits per heavy atom. The van der Waals surface area contributed by atoms with E-state index in [0.717, 1.165) is 17.9 Å². The van der Waals surface area contributed by atoms with E-state index in [2.05, 4.69) is 22.8 Å². The van der Waals surface area contributed by atoms with Crippen molar-refractivity contribution in [3.63, 3.8) is 0 Å². The standard InChI is InChI=1S/C15H21ClN2O/c1-3-17-15(19)10(2)18-14-8-12(9-14)11-4-6-13(16)7-5-11/h4-7,10,12,14,18H,3,8-9H2,1-2H3,(H,17,19). The van der Waals surface area contributed by atoms with Crippen LogP contribution in [0.3, 0.4) is 0 Å². The molecule has 3 nitrogen and oxygen atoms in total. The second-order valence-corrected chi connectivity index (χ2v) is 5.64. The first-order valence-corrected chi connectivity index (χ1v) is 7.27. The predicted octanol–water partition coefficient (Wildman–Crippen LogP) is 2.70. The highest BCUT2D eigenvalue weighted by molar-refractivity contribution is 6.30. The van der Waals surface area contributed by atoms with Crippen LogP contribution in [0.4, 0.5) is 0 Å². The van der Waals surface area contributed by atoms with Gasteiger partial charge in [-0.2, -0.15) is 0 Å². The van der Waals surface area contributed by atoms with Gasteiger partial charge in [0.15, 0.2) is 0 Å². The highest BCUT2D eigenvalue weighted by Crippen LogP contribution is 2.37. The number of carbonyl (C=O) groups excluding carboxylic acids is 1. The Kier molecular flexibility index (Phi) is 4.83. The predicted molar refractivity (Wildman–Crippen MR) is 78.5 cm³/mol. The fourth-order valence-corrected chi connectivity index (χ4v) is 2.64. The molecule has 1 aromatic rings. The van der Waals surface area contributed by atoms with Crippen molar-refractivity contribution in [2.45, 2.75) is 44.7 Å². The van der Waals surface area contributed by atoms with Crippen molar-refractivity contribution in [1.29, 1.82) is 0 Å². The molecule has 1 amide bonds. The molecule has 0 saturated heterocycles. The summed E-state index contributed by atoms with van der Waals surface area (Å²) in [5, 5.41) is 6.99. The minimum Gasteiger partial charge on any atom is -0.355 e. The van der Waals surface area contributed by atoms with Gasteiger partial charge in [-0.25, -0.2) is 0 Å². The number of amides is 1. The average molecular weight is 281 g/mol. The molecule has 0 bridgehead atoms. The minimum atomic E-state index is -0.115. The first-order chi connectivity index (χ1) is 9.10. The third kappa shape index (κ3) is 3.71. The number of likely N-dealkylation sites (N-methyl/N-ethyl adjacent to an activating group) is 1. The zero-order valence-electron chi connectivity index (χ0n) is 11.4. The number of rotatable bonds is 5. The molecule has 0 aliphatic heterocycles. The van der Waals surface area contributed by atoms with Gasteiger partial charge in [-0.05, 0) is 50.3 Å². The molecule has 1 atom stereocenters. The maximum absolute atomic E-state index is 11.6. The molecule has 19 heavy (non-hydrogen) atoms. The first-order valence-electron chi connectivity index (χ1n) is 6.89. The molecule has 2 N–H and O–H groups in total. The quantitative estimate of drug-likeness (QED) is 0.871. The third-order valence-electron chi connectivity index (χ3n) is 3.71. The Labute approximate surface area is 119 Å². The molecule has 4 heteroatoms. The second kappa shape index (κ2) is 6.40. The van der Waals surface area contributed by atoms with Crippen LogP contribution in [0.25, 0.3) is 0 Å². The van der Waals surface area contributed by atoms with Crippen molar-refractivity contribution in [2.24, 2.45) is 0 Å². The number of hydrogen-bond donors (Lipinski definition) is 2. The van der Waals surface area contributed by atoms with Gasteiger partial charge in [0.2, 0.25) is 5.91 Å². The number of benzene rings is 1. The van der Waals surface area contributed by atoms with Crippen LogP contribution in [0, 0.1) is 0 Å². The van der Waals surface area contributed by atoms with Gasteiger partial charge in [0.1, 0.15) is 0 Å². The molecule has 104 valence electrons. The van der Waals surface area contributed by atoms with Crippen LogP contribution in [-0.2, 0) is 4.79 Å². The zero-order valence-corrected chi connectivity index (χ0v) is 12.2. The van der Waals surface area contributed by atoms with Gasteiger partial charge in [0.25, 0.3) is 0 Å². The van der Waals surface area contributed by atoms with E-state index in [1.165, 1.54) is 5.56 Å². The van der Waals surface area contributed by atoms with Crippen LogP contribution in [-0.4, -0.2) is 24.5 Å². The molecule has 0 heterocycles. The Hall–Kier alpha value is -1.06. The molecular weight excluding hydrogens is 260 g/mol. The Morgan fingerprint density at radius 2 is 2.00 bits per heavy atom. The van der Waals surface area contributed by atoms with E-state index in [1.807, 2.05) is 26.0 Å². The van der Waals surface area contributed by atoms with Crippen LogP contribution < -0.4 is 10.6 Å². The van der Waals surface area contributed by atoms with E-state index in [0.29, 0.717) is 18.5 Å². The Morgan fingerprint density at radius 1 is 1.37 bits per heavy atom. The summed E-state index contributed by atoms with van der Waals surface area (Å²) in [6.07, 6.45) is 2.18. The van der Waals surface area contributed by atoms with Crippen LogP contribution in [0.15, 0.2) is 24.3 Å². The molecule has 0 radical (unpaired) electrons. The monoisotopic (exact) mass is 280 g/mol. The average Bonchev–Trinajstić information content (AvgIpc) is 2.35. The van der Waals surface area contributed by atoms with Crippen molar-refractivity contribution in [1.82, 2.24) is 10.6 Å². The summed E-state index contributed by atoms with van der Waals surface area (Å²) in [6.45, 7) is 4.54. The molecule has 1 fully saturated rings. The molecule has 2 rings (SSSR count). The molecule has 0 aromatic heterocycles. The van der Waals surface area contributed by atoms with E-state index in [9.17, 15) is 4.79 Å². The van der Waals surface area contributed by atoms with Gasteiger partial charge in [0.05, 0.1) is 6.04 Å². The van der Waals surface area contributed by atoms with E-state index in [-0.39, 0.29) is 11.9 Å². The minimum absolute atomic E-state index is 0.0810. The third-order valence-corrected chi connectivity index (χ3v) is 3.96. The lowest BCUT2D eigenvalue weighted by molar-refractivity contribution is -0.123. The summed E-state index contributed by atoms with van der Waals surface area (Å²) in [6, 6.07) is 8.39. The normalized spacial score (nSPS) is 23.5. The Balaban J connectivity index is 1.77. The fraction of sp³-hybridized carbons (Fsp3) is 0.533.